The van der Waals surface area contributed by atoms with Crippen molar-refractivity contribution in [2.24, 2.45) is 5.41 Å². The zero-order valence-corrected chi connectivity index (χ0v) is 12.8. The normalized spacial score (nSPS) is 22.5. The Bertz CT molecular complexity index is 287. The summed E-state index contributed by atoms with van der Waals surface area (Å²) in [5.74, 6) is 0.372. The molecule has 2 heterocycles. The van der Waals surface area contributed by atoms with E-state index in [0.29, 0.717) is 11.3 Å². The van der Waals surface area contributed by atoms with Gasteiger partial charge in [0.1, 0.15) is 0 Å². The highest BCUT2D eigenvalue weighted by Crippen LogP contribution is 2.40. The van der Waals surface area contributed by atoms with Crippen molar-refractivity contribution in [1.82, 2.24) is 9.80 Å². The first-order valence-corrected chi connectivity index (χ1v) is 8.19. The molecule has 110 valence electrons. The predicted octanol–water partition coefficient (Wildman–Crippen LogP) is 2.90. The maximum Gasteiger partial charge on any atom is 0.222 e. The van der Waals surface area contributed by atoms with Gasteiger partial charge >= 0.3 is 0 Å². The van der Waals surface area contributed by atoms with Crippen molar-refractivity contribution >= 4 is 5.91 Å². The van der Waals surface area contributed by atoms with Crippen LogP contribution in [0.2, 0.25) is 0 Å². The Kier molecular flexibility index (Phi) is 5.26. The molecule has 3 heteroatoms. The van der Waals surface area contributed by atoms with Crippen molar-refractivity contribution < 1.29 is 4.79 Å². The molecule has 2 fully saturated rings. The smallest absolute Gasteiger partial charge is 0.222 e. The topological polar surface area (TPSA) is 23.6 Å². The van der Waals surface area contributed by atoms with Crippen LogP contribution in [-0.2, 0) is 4.79 Å². The Hall–Kier alpha value is -0.570. The molecule has 0 unspecified atom stereocenters. The molecule has 0 aromatic rings. The molecule has 2 saturated heterocycles. The van der Waals surface area contributed by atoms with Crippen LogP contribution in [-0.4, -0.2) is 48.4 Å². The van der Waals surface area contributed by atoms with Crippen LogP contribution in [0.15, 0.2) is 0 Å². The summed E-state index contributed by atoms with van der Waals surface area (Å²) in [4.78, 5) is 16.6. The minimum Gasteiger partial charge on any atom is -0.343 e. The van der Waals surface area contributed by atoms with Gasteiger partial charge in [-0.05, 0) is 37.6 Å². The summed E-state index contributed by atoms with van der Waals surface area (Å²) in [5, 5.41) is 0. The Morgan fingerprint density at radius 3 is 2.32 bits per heavy atom. The van der Waals surface area contributed by atoms with Gasteiger partial charge in [0.05, 0.1) is 0 Å². The third-order valence-corrected chi connectivity index (χ3v) is 4.84. The van der Waals surface area contributed by atoms with Gasteiger partial charge in [0, 0.05) is 32.6 Å². The lowest BCUT2D eigenvalue weighted by Gasteiger charge is -2.54. The fourth-order valence-electron chi connectivity index (χ4n) is 3.56. The van der Waals surface area contributed by atoms with E-state index in [-0.39, 0.29) is 0 Å². The first-order chi connectivity index (χ1) is 9.19. The number of unbranched alkanes of at least 4 members (excludes halogenated alkanes) is 2. The molecule has 0 aromatic heterocycles. The van der Waals surface area contributed by atoms with E-state index in [0.717, 1.165) is 25.9 Å². The van der Waals surface area contributed by atoms with E-state index >= 15 is 0 Å². The lowest BCUT2D eigenvalue weighted by molar-refractivity contribution is -0.136. The lowest BCUT2D eigenvalue weighted by atomic mass is 9.72. The predicted molar refractivity (Wildman–Crippen MR) is 79.1 cm³/mol. The van der Waals surface area contributed by atoms with Crippen LogP contribution in [0.3, 0.4) is 0 Å². The highest BCUT2D eigenvalue weighted by molar-refractivity contribution is 5.76. The molecule has 19 heavy (non-hydrogen) atoms. The zero-order valence-electron chi connectivity index (χ0n) is 12.8. The summed E-state index contributed by atoms with van der Waals surface area (Å²) in [6.45, 7) is 10.2. The van der Waals surface area contributed by atoms with Crippen molar-refractivity contribution in [3.05, 3.63) is 0 Å². The first kappa shape index (κ1) is 14.8. The Morgan fingerprint density at radius 2 is 1.74 bits per heavy atom. The van der Waals surface area contributed by atoms with Gasteiger partial charge in [-0.15, -0.1) is 0 Å². The summed E-state index contributed by atoms with van der Waals surface area (Å²) in [7, 11) is 0. The Balaban J connectivity index is 1.66. The summed E-state index contributed by atoms with van der Waals surface area (Å²) in [6, 6.07) is 0. The molecule has 0 aliphatic carbocycles. The number of rotatable bonds is 6. The summed E-state index contributed by atoms with van der Waals surface area (Å²) < 4.78 is 0. The minimum absolute atomic E-state index is 0.372. The van der Waals surface area contributed by atoms with E-state index in [1.54, 1.807) is 0 Å². The minimum atomic E-state index is 0.372. The average molecular weight is 266 g/mol. The van der Waals surface area contributed by atoms with Crippen LogP contribution in [0.4, 0.5) is 0 Å². The van der Waals surface area contributed by atoms with E-state index in [4.69, 9.17) is 0 Å². The fraction of sp³-hybridized carbons (Fsp3) is 0.938. The largest absolute Gasteiger partial charge is 0.343 e. The van der Waals surface area contributed by atoms with Crippen molar-refractivity contribution in [2.75, 3.05) is 32.7 Å². The molecule has 0 saturated carbocycles. The molecule has 0 bridgehead atoms. The lowest BCUT2D eigenvalue weighted by Crippen LogP contribution is -2.60. The second-order valence-corrected chi connectivity index (χ2v) is 6.55. The third kappa shape index (κ3) is 3.71. The van der Waals surface area contributed by atoms with E-state index in [9.17, 15) is 4.79 Å². The van der Waals surface area contributed by atoms with Gasteiger partial charge in [-0.3, -0.25) is 4.79 Å². The molecule has 0 N–H and O–H groups in total. The number of hydrogen-bond donors (Lipinski definition) is 0. The monoisotopic (exact) mass is 266 g/mol. The third-order valence-electron chi connectivity index (χ3n) is 4.84. The van der Waals surface area contributed by atoms with Crippen LogP contribution >= 0.6 is 0 Å². The number of carbonyl (C=O) groups is 1. The van der Waals surface area contributed by atoms with Gasteiger partial charge in [0.2, 0.25) is 5.91 Å². The van der Waals surface area contributed by atoms with Gasteiger partial charge in [-0.1, -0.05) is 26.7 Å². The van der Waals surface area contributed by atoms with Gasteiger partial charge < -0.3 is 9.80 Å². The van der Waals surface area contributed by atoms with Gasteiger partial charge in [-0.25, -0.2) is 0 Å². The molecule has 0 radical (unpaired) electrons. The molecule has 1 amide bonds. The summed E-state index contributed by atoms with van der Waals surface area (Å²) in [5.41, 5.74) is 0.565. The standard InChI is InChI=1S/C16H30N2O/c1-3-5-6-10-17-13-16(14-17)8-11-18(12-9-16)15(19)7-4-2/h3-14H2,1-2H3. The van der Waals surface area contributed by atoms with E-state index in [1.165, 1.54) is 51.7 Å². The van der Waals surface area contributed by atoms with Crippen molar-refractivity contribution in [3.8, 4) is 0 Å². The number of nitrogens with zero attached hydrogens (tertiary/aromatic N) is 2. The van der Waals surface area contributed by atoms with Crippen LogP contribution in [0, 0.1) is 5.41 Å². The Labute approximate surface area is 118 Å². The summed E-state index contributed by atoms with van der Waals surface area (Å²) >= 11 is 0. The van der Waals surface area contributed by atoms with Gasteiger partial charge in [-0.2, -0.15) is 0 Å². The fourth-order valence-corrected chi connectivity index (χ4v) is 3.56. The number of hydrogen-bond acceptors (Lipinski definition) is 2. The van der Waals surface area contributed by atoms with Crippen molar-refractivity contribution in [1.29, 1.82) is 0 Å². The van der Waals surface area contributed by atoms with Crippen molar-refractivity contribution in [2.45, 2.75) is 58.8 Å². The summed E-state index contributed by atoms with van der Waals surface area (Å²) in [6.07, 6.45) is 8.20. The molecule has 2 rings (SSSR count). The number of amides is 1. The highest BCUT2D eigenvalue weighted by atomic mass is 16.2. The highest BCUT2D eigenvalue weighted by Gasteiger charge is 2.44. The first-order valence-electron chi connectivity index (χ1n) is 8.19. The van der Waals surface area contributed by atoms with E-state index in [2.05, 4.69) is 23.6 Å². The second-order valence-electron chi connectivity index (χ2n) is 6.55. The van der Waals surface area contributed by atoms with Crippen LogP contribution < -0.4 is 0 Å². The molecule has 1 spiro atoms. The van der Waals surface area contributed by atoms with Crippen LogP contribution in [0.25, 0.3) is 0 Å². The molecule has 3 nitrogen and oxygen atoms in total. The molecule has 0 aromatic carbocycles. The van der Waals surface area contributed by atoms with Gasteiger partial charge in [0.15, 0.2) is 0 Å². The maximum absolute atomic E-state index is 11.9. The zero-order chi connectivity index (χ0) is 13.7. The number of carbonyl (C=O) groups excluding carboxylic acids is 1. The van der Waals surface area contributed by atoms with Crippen LogP contribution in [0.1, 0.15) is 58.8 Å². The van der Waals surface area contributed by atoms with Crippen LogP contribution in [0.5, 0.6) is 0 Å². The van der Waals surface area contributed by atoms with E-state index < -0.39 is 0 Å². The molecule has 2 aliphatic rings. The second kappa shape index (κ2) is 6.74. The SMILES string of the molecule is CCCCCN1CC2(CCN(C(=O)CCC)CC2)C1. The molecule has 0 atom stereocenters. The number of piperidine rings is 1. The van der Waals surface area contributed by atoms with Crippen molar-refractivity contribution in [3.63, 3.8) is 0 Å². The maximum atomic E-state index is 11.9. The molecular formula is C16H30N2O. The molecular weight excluding hydrogens is 236 g/mol. The quantitative estimate of drug-likeness (QED) is 0.690. The number of likely N-dealkylation sites (tertiary alicyclic amines) is 2. The average Bonchev–Trinajstić information content (AvgIpc) is 2.38. The molecule has 2 aliphatic heterocycles. The Morgan fingerprint density at radius 1 is 1.05 bits per heavy atom. The van der Waals surface area contributed by atoms with E-state index in [1.807, 2.05) is 0 Å². The van der Waals surface area contributed by atoms with Gasteiger partial charge in [0.25, 0.3) is 0 Å².